The number of hydrogen-bond acceptors (Lipinski definition) is 5. The highest BCUT2D eigenvalue weighted by Crippen LogP contribution is 2.11. The molecule has 1 fully saturated rings. The zero-order valence-electron chi connectivity index (χ0n) is 18.3. The topological polar surface area (TPSA) is 87.9 Å². The van der Waals surface area contributed by atoms with Gasteiger partial charge in [-0.25, -0.2) is 4.99 Å². The summed E-state index contributed by atoms with van der Waals surface area (Å²) in [6.07, 6.45) is 0.874. The van der Waals surface area contributed by atoms with Gasteiger partial charge in [0, 0.05) is 46.7 Å². The number of carbonyl (C=O) groups is 1. The second kappa shape index (κ2) is 10.1. The minimum atomic E-state index is 0.121. The Labute approximate surface area is 177 Å². The number of benzene rings is 1. The summed E-state index contributed by atoms with van der Waals surface area (Å²) in [4.78, 5) is 20.5. The molecule has 1 saturated heterocycles. The molecule has 3 rings (SSSR count). The van der Waals surface area contributed by atoms with E-state index in [1.165, 1.54) is 5.56 Å². The van der Waals surface area contributed by atoms with Crippen molar-refractivity contribution in [2.75, 3.05) is 39.8 Å². The summed E-state index contributed by atoms with van der Waals surface area (Å²) >= 11 is 0. The van der Waals surface area contributed by atoms with Crippen LogP contribution >= 0.6 is 0 Å². The monoisotopic (exact) mass is 413 g/mol. The number of aryl methyl sites for hydroxylation is 1. The lowest BCUT2D eigenvalue weighted by Gasteiger charge is -2.36. The van der Waals surface area contributed by atoms with Crippen molar-refractivity contribution in [1.29, 1.82) is 0 Å². The number of ether oxygens (including phenoxy) is 1. The maximum Gasteiger partial charge on any atom is 0.219 e. The Morgan fingerprint density at radius 2 is 1.80 bits per heavy atom. The molecule has 1 aliphatic heterocycles. The van der Waals surface area contributed by atoms with Gasteiger partial charge in [0.1, 0.15) is 18.1 Å². The molecule has 0 aliphatic carbocycles. The Morgan fingerprint density at radius 1 is 1.13 bits per heavy atom. The van der Waals surface area contributed by atoms with Crippen LogP contribution in [0.25, 0.3) is 0 Å². The van der Waals surface area contributed by atoms with Crippen LogP contribution in [0.2, 0.25) is 0 Å². The number of nitrogens with one attached hydrogen (secondary N) is 1. The van der Waals surface area contributed by atoms with E-state index in [0.29, 0.717) is 19.6 Å². The first kappa shape index (κ1) is 21.6. The van der Waals surface area contributed by atoms with Gasteiger partial charge in [0.05, 0.1) is 7.11 Å². The van der Waals surface area contributed by atoms with Gasteiger partial charge in [-0.15, -0.1) is 10.2 Å². The number of nitrogens with zero attached hydrogens (tertiary/aromatic N) is 6. The molecular formula is C21H31N7O2. The molecule has 0 unspecified atom stereocenters. The van der Waals surface area contributed by atoms with Crippen molar-refractivity contribution in [3.63, 3.8) is 0 Å². The third-order valence-corrected chi connectivity index (χ3v) is 5.43. The van der Waals surface area contributed by atoms with E-state index >= 15 is 0 Å². The van der Waals surface area contributed by atoms with Crippen LogP contribution in [-0.2, 0) is 24.8 Å². The first-order chi connectivity index (χ1) is 14.5. The number of rotatable bonds is 6. The molecule has 30 heavy (non-hydrogen) atoms. The van der Waals surface area contributed by atoms with E-state index in [-0.39, 0.29) is 5.91 Å². The minimum absolute atomic E-state index is 0.121. The Kier molecular flexibility index (Phi) is 7.26. The Hall–Kier alpha value is -3.10. The lowest BCUT2D eigenvalue weighted by molar-refractivity contribution is -0.130. The normalized spacial score (nSPS) is 14.7. The van der Waals surface area contributed by atoms with E-state index < -0.39 is 0 Å². The van der Waals surface area contributed by atoms with Crippen LogP contribution in [0, 0.1) is 6.92 Å². The highest BCUT2D eigenvalue weighted by molar-refractivity contribution is 5.80. The summed E-state index contributed by atoms with van der Waals surface area (Å²) in [6.45, 7) is 7.68. The zero-order valence-corrected chi connectivity index (χ0v) is 18.3. The molecule has 0 radical (unpaired) electrons. The van der Waals surface area contributed by atoms with Crippen molar-refractivity contribution in [2.24, 2.45) is 12.0 Å². The van der Waals surface area contributed by atoms with Crippen molar-refractivity contribution < 1.29 is 9.53 Å². The summed E-state index contributed by atoms with van der Waals surface area (Å²) in [5.74, 6) is 3.51. The molecule has 1 aliphatic rings. The fourth-order valence-electron chi connectivity index (χ4n) is 3.35. The van der Waals surface area contributed by atoms with Crippen molar-refractivity contribution in [3.8, 4) is 5.75 Å². The average Bonchev–Trinajstić information content (AvgIpc) is 3.08. The van der Waals surface area contributed by atoms with E-state index in [0.717, 1.165) is 49.4 Å². The quantitative estimate of drug-likeness (QED) is 0.561. The molecular weight excluding hydrogens is 382 g/mol. The molecule has 9 nitrogen and oxygen atoms in total. The number of amides is 1. The van der Waals surface area contributed by atoms with Gasteiger partial charge in [-0.05, 0) is 31.0 Å². The van der Waals surface area contributed by atoms with Gasteiger partial charge in [0.15, 0.2) is 11.8 Å². The smallest absolute Gasteiger partial charge is 0.219 e. The summed E-state index contributed by atoms with van der Waals surface area (Å²) in [5, 5.41) is 11.8. The molecule has 1 amide bonds. The van der Waals surface area contributed by atoms with Gasteiger partial charge < -0.3 is 24.4 Å². The summed E-state index contributed by atoms with van der Waals surface area (Å²) in [5.41, 5.74) is 1.23. The maximum atomic E-state index is 11.6. The van der Waals surface area contributed by atoms with Crippen molar-refractivity contribution >= 4 is 11.9 Å². The predicted molar refractivity (Wildman–Crippen MR) is 115 cm³/mol. The first-order valence-corrected chi connectivity index (χ1v) is 10.2. The van der Waals surface area contributed by atoms with Crippen LogP contribution in [0.5, 0.6) is 5.75 Å². The summed E-state index contributed by atoms with van der Waals surface area (Å²) in [7, 11) is 3.62. The molecule has 0 atom stereocenters. The SMILES string of the molecule is COc1ccc(CCNC(=NCc2nnc(C)n2C)N2CCN(C(C)=O)CC2)cc1. The number of aromatic nitrogens is 3. The van der Waals surface area contributed by atoms with Gasteiger partial charge in [0.2, 0.25) is 5.91 Å². The first-order valence-electron chi connectivity index (χ1n) is 10.2. The Morgan fingerprint density at radius 3 is 2.37 bits per heavy atom. The van der Waals surface area contributed by atoms with Gasteiger partial charge >= 0.3 is 0 Å². The molecule has 1 N–H and O–H groups in total. The fourth-order valence-corrected chi connectivity index (χ4v) is 3.35. The van der Waals surface area contributed by atoms with Gasteiger partial charge in [-0.1, -0.05) is 12.1 Å². The molecule has 0 saturated carbocycles. The van der Waals surface area contributed by atoms with Gasteiger partial charge in [0.25, 0.3) is 0 Å². The van der Waals surface area contributed by atoms with Crippen molar-refractivity contribution in [1.82, 2.24) is 29.9 Å². The maximum absolute atomic E-state index is 11.6. The highest BCUT2D eigenvalue weighted by Gasteiger charge is 2.21. The largest absolute Gasteiger partial charge is 0.497 e. The van der Waals surface area contributed by atoms with E-state index in [1.54, 1.807) is 14.0 Å². The van der Waals surface area contributed by atoms with Gasteiger partial charge in [-0.2, -0.15) is 0 Å². The van der Waals surface area contributed by atoms with E-state index in [4.69, 9.17) is 9.73 Å². The molecule has 162 valence electrons. The second-order valence-electron chi connectivity index (χ2n) is 7.38. The summed E-state index contributed by atoms with van der Waals surface area (Å²) in [6, 6.07) is 8.10. The minimum Gasteiger partial charge on any atom is -0.497 e. The average molecular weight is 414 g/mol. The predicted octanol–water partition coefficient (Wildman–Crippen LogP) is 0.985. The number of carbonyl (C=O) groups excluding carboxylic acids is 1. The second-order valence-corrected chi connectivity index (χ2v) is 7.38. The lowest BCUT2D eigenvalue weighted by Crippen LogP contribution is -2.53. The number of guanidine groups is 1. The standard InChI is InChI=1S/C21H31N7O2/c1-16-24-25-20(26(16)3)15-23-21(28-13-11-27(12-14-28)17(2)29)22-10-9-18-5-7-19(30-4)8-6-18/h5-8H,9-15H2,1-4H3,(H,22,23). The van der Waals surface area contributed by atoms with Crippen molar-refractivity contribution in [3.05, 3.63) is 41.5 Å². The molecule has 1 aromatic carbocycles. The van der Waals surface area contributed by atoms with Crippen LogP contribution in [0.3, 0.4) is 0 Å². The van der Waals surface area contributed by atoms with Crippen LogP contribution < -0.4 is 10.1 Å². The van der Waals surface area contributed by atoms with Crippen LogP contribution in [0.4, 0.5) is 0 Å². The number of hydrogen-bond donors (Lipinski definition) is 1. The van der Waals surface area contributed by atoms with E-state index in [2.05, 4.69) is 32.5 Å². The highest BCUT2D eigenvalue weighted by atomic mass is 16.5. The van der Waals surface area contributed by atoms with Crippen LogP contribution in [0.15, 0.2) is 29.3 Å². The Bertz CT molecular complexity index is 868. The Balaban J connectivity index is 1.64. The van der Waals surface area contributed by atoms with Gasteiger partial charge in [-0.3, -0.25) is 4.79 Å². The molecule has 2 heterocycles. The summed E-state index contributed by atoms with van der Waals surface area (Å²) < 4.78 is 7.17. The molecule has 9 heteroatoms. The number of aliphatic imine (C=N–C) groups is 1. The molecule has 0 bridgehead atoms. The van der Waals surface area contributed by atoms with Crippen molar-refractivity contribution in [2.45, 2.75) is 26.8 Å². The fraction of sp³-hybridized carbons (Fsp3) is 0.524. The van der Waals surface area contributed by atoms with Crippen LogP contribution in [-0.4, -0.2) is 76.3 Å². The lowest BCUT2D eigenvalue weighted by atomic mass is 10.1. The molecule has 2 aromatic rings. The molecule has 0 spiro atoms. The number of piperazine rings is 1. The molecule has 1 aromatic heterocycles. The number of methoxy groups -OCH3 is 1. The van der Waals surface area contributed by atoms with Crippen LogP contribution in [0.1, 0.15) is 24.1 Å². The third-order valence-electron chi connectivity index (χ3n) is 5.43. The zero-order chi connectivity index (χ0) is 21.5. The third kappa shape index (κ3) is 5.49. The van der Waals surface area contributed by atoms with E-state index in [9.17, 15) is 4.79 Å². The van der Waals surface area contributed by atoms with E-state index in [1.807, 2.05) is 35.6 Å².